The summed E-state index contributed by atoms with van der Waals surface area (Å²) in [6, 6.07) is 11.3. The first kappa shape index (κ1) is 13.2. The number of hydrogen-bond acceptors (Lipinski definition) is 5. The molecule has 0 saturated carbocycles. The molecule has 0 aliphatic carbocycles. The first-order chi connectivity index (χ1) is 9.34. The van der Waals surface area contributed by atoms with Gasteiger partial charge in [-0.15, -0.1) is 0 Å². The van der Waals surface area contributed by atoms with Crippen LogP contribution in [0.3, 0.4) is 0 Å². The summed E-state index contributed by atoms with van der Waals surface area (Å²) in [5, 5.41) is 4.45. The van der Waals surface area contributed by atoms with Crippen LogP contribution in [0.2, 0.25) is 0 Å². The monoisotopic (exact) mass is 272 g/mol. The van der Waals surface area contributed by atoms with E-state index in [-0.39, 0.29) is 11.7 Å². The van der Waals surface area contributed by atoms with Crippen LogP contribution in [0.15, 0.2) is 59.0 Å². The van der Waals surface area contributed by atoms with Gasteiger partial charge >= 0.3 is 0 Å². The number of benzene rings is 1. The summed E-state index contributed by atoms with van der Waals surface area (Å²) >= 11 is 1.27. The van der Waals surface area contributed by atoms with Crippen LogP contribution in [-0.4, -0.2) is 27.8 Å². The van der Waals surface area contributed by atoms with E-state index in [4.69, 9.17) is 0 Å². The molecule has 6 heteroatoms. The van der Waals surface area contributed by atoms with E-state index in [0.717, 1.165) is 5.56 Å². The van der Waals surface area contributed by atoms with E-state index >= 15 is 0 Å². The second-order valence-corrected chi connectivity index (χ2v) is 4.47. The molecule has 1 aromatic heterocycles. The van der Waals surface area contributed by atoms with E-state index in [2.05, 4.69) is 20.5 Å². The number of thioether (sulfide) groups is 1. The number of aromatic nitrogens is 2. The molecule has 2 rings (SSSR count). The number of hydrogen-bond donors (Lipinski definition) is 1. The van der Waals surface area contributed by atoms with Gasteiger partial charge in [-0.05, 0) is 11.6 Å². The van der Waals surface area contributed by atoms with Crippen LogP contribution in [0.5, 0.6) is 0 Å². The van der Waals surface area contributed by atoms with Crippen molar-refractivity contribution in [2.24, 2.45) is 5.10 Å². The van der Waals surface area contributed by atoms with Gasteiger partial charge in [0.05, 0.1) is 12.0 Å². The molecule has 96 valence electrons. The highest BCUT2D eigenvalue weighted by Crippen LogP contribution is 2.09. The zero-order valence-corrected chi connectivity index (χ0v) is 10.9. The molecule has 0 unspecified atom stereocenters. The fraction of sp³-hybridized carbons (Fsp3) is 0.0769. The Morgan fingerprint density at radius 2 is 1.95 bits per heavy atom. The third-order valence-corrected chi connectivity index (χ3v) is 2.95. The molecule has 5 nitrogen and oxygen atoms in total. The van der Waals surface area contributed by atoms with Gasteiger partial charge < -0.3 is 0 Å². The lowest BCUT2D eigenvalue weighted by atomic mass is 10.2. The van der Waals surface area contributed by atoms with Crippen molar-refractivity contribution in [2.75, 3.05) is 5.75 Å². The molecule has 1 aromatic carbocycles. The Morgan fingerprint density at radius 1 is 1.21 bits per heavy atom. The van der Waals surface area contributed by atoms with E-state index in [1.54, 1.807) is 24.7 Å². The number of nitrogens with one attached hydrogen (secondary N) is 1. The maximum atomic E-state index is 11.5. The van der Waals surface area contributed by atoms with Crippen LogP contribution in [0, 0.1) is 0 Å². The van der Waals surface area contributed by atoms with Gasteiger partial charge in [-0.3, -0.25) is 4.79 Å². The third-order valence-electron chi connectivity index (χ3n) is 2.08. The predicted molar refractivity (Wildman–Crippen MR) is 74.9 cm³/mol. The Hall–Kier alpha value is -2.21. The number of carbonyl (C=O) groups excluding carboxylic acids is 1. The minimum Gasteiger partial charge on any atom is -0.272 e. The zero-order chi connectivity index (χ0) is 13.3. The first-order valence-corrected chi connectivity index (χ1v) is 6.60. The van der Waals surface area contributed by atoms with Crippen LogP contribution in [0.1, 0.15) is 5.56 Å². The molecule has 0 spiro atoms. The van der Waals surface area contributed by atoms with Crippen LogP contribution >= 0.6 is 11.8 Å². The van der Waals surface area contributed by atoms with E-state index < -0.39 is 0 Å². The number of nitrogens with zero attached hydrogens (tertiary/aromatic N) is 3. The van der Waals surface area contributed by atoms with Gasteiger partial charge in [-0.1, -0.05) is 42.1 Å². The summed E-state index contributed by atoms with van der Waals surface area (Å²) in [4.78, 5) is 19.5. The molecule has 1 heterocycles. The van der Waals surface area contributed by atoms with E-state index in [9.17, 15) is 4.79 Å². The van der Waals surface area contributed by atoms with Gasteiger partial charge in [0.1, 0.15) is 0 Å². The molecule has 1 amide bonds. The zero-order valence-electron chi connectivity index (χ0n) is 10.1. The number of hydrazone groups is 1. The molecule has 1 N–H and O–H groups in total. The van der Waals surface area contributed by atoms with Crippen molar-refractivity contribution in [2.45, 2.75) is 5.16 Å². The third kappa shape index (κ3) is 4.89. The summed E-state index contributed by atoms with van der Waals surface area (Å²) in [7, 11) is 0. The summed E-state index contributed by atoms with van der Waals surface area (Å²) < 4.78 is 0. The molecule has 0 fully saturated rings. The molecule has 0 atom stereocenters. The van der Waals surface area contributed by atoms with E-state index in [1.165, 1.54) is 11.8 Å². The van der Waals surface area contributed by atoms with Crippen LogP contribution in [0.25, 0.3) is 0 Å². The van der Waals surface area contributed by atoms with Gasteiger partial charge in [0.2, 0.25) is 0 Å². The molecule has 0 bridgehead atoms. The van der Waals surface area contributed by atoms with Gasteiger partial charge in [-0.25, -0.2) is 15.4 Å². The quantitative estimate of drug-likeness (QED) is 0.389. The largest absolute Gasteiger partial charge is 0.272 e. The summed E-state index contributed by atoms with van der Waals surface area (Å²) in [6.45, 7) is 0. The van der Waals surface area contributed by atoms with Crippen molar-refractivity contribution in [1.29, 1.82) is 0 Å². The minimum atomic E-state index is -0.190. The number of rotatable bonds is 5. The van der Waals surface area contributed by atoms with Crippen LogP contribution in [0.4, 0.5) is 0 Å². The molecule has 0 aliphatic rings. The van der Waals surface area contributed by atoms with Crippen LogP contribution < -0.4 is 5.43 Å². The summed E-state index contributed by atoms with van der Waals surface area (Å²) in [6.07, 6.45) is 4.88. The fourth-order valence-electron chi connectivity index (χ4n) is 1.24. The van der Waals surface area contributed by atoms with Crippen LogP contribution in [-0.2, 0) is 4.79 Å². The predicted octanol–water partition coefficient (Wildman–Crippen LogP) is 1.72. The molecular formula is C13H12N4OS. The lowest BCUT2D eigenvalue weighted by Gasteiger charge is -1.98. The second kappa shape index (κ2) is 7.27. The molecular weight excluding hydrogens is 260 g/mol. The molecule has 0 saturated heterocycles. The molecule has 2 aromatic rings. The lowest BCUT2D eigenvalue weighted by Crippen LogP contribution is -2.19. The van der Waals surface area contributed by atoms with Crippen molar-refractivity contribution in [3.05, 3.63) is 54.4 Å². The minimum absolute atomic E-state index is 0.190. The maximum Gasteiger partial charge on any atom is 0.250 e. The number of amides is 1. The standard InChI is InChI=1S/C13H12N4OS/c18-12(10-19-13-14-7-4-8-15-13)17-16-9-11-5-2-1-3-6-11/h1-9H,10H2,(H,17,18). The molecule has 0 radical (unpaired) electrons. The SMILES string of the molecule is O=C(CSc1ncccn1)NN=Cc1ccccc1. The molecule has 19 heavy (non-hydrogen) atoms. The molecule has 0 aliphatic heterocycles. The highest BCUT2D eigenvalue weighted by molar-refractivity contribution is 7.99. The lowest BCUT2D eigenvalue weighted by molar-refractivity contribution is -0.118. The Labute approximate surface area is 115 Å². The Morgan fingerprint density at radius 3 is 2.68 bits per heavy atom. The van der Waals surface area contributed by atoms with E-state index in [1.807, 2.05) is 30.3 Å². The Balaban J connectivity index is 1.75. The highest BCUT2D eigenvalue weighted by atomic mass is 32.2. The fourth-order valence-corrected chi connectivity index (χ4v) is 1.84. The van der Waals surface area contributed by atoms with Gasteiger partial charge in [0, 0.05) is 12.4 Å². The highest BCUT2D eigenvalue weighted by Gasteiger charge is 2.02. The van der Waals surface area contributed by atoms with Gasteiger partial charge in [0.15, 0.2) is 5.16 Å². The average Bonchev–Trinajstić information content (AvgIpc) is 2.47. The van der Waals surface area contributed by atoms with Crippen molar-refractivity contribution in [3.63, 3.8) is 0 Å². The second-order valence-electron chi connectivity index (χ2n) is 3.52. The van der Waals surface area contributed by atoms with E-state index in [0.29, 0.717) is 5.16 Å². The smallest absolute Gasteiger partial charge is 0.250 e. The maximum absolute atomic E-state index is 11.5. The van der Waals surface area contributed by atoms with Gasteiger partial charge in [0.25, 0.3) is 5.91 Å². The summed E-state index contributed by atoms with van der Waals surface area (Å²) in [5.41, 5.74) is 3.39. The van der Waals surface area contributed by atoms with Crippen molar-refractivity contribution in [3.8, 4) is 0 Å². The summed E-state index contributed by atoms with van der Waals surface area (Å²) in [5.74, 6) is 0.0421. The van der Waals surface area contributed by atoms with Gasteiger partial charge in [-0.2, -0.15) is 5.10 Å². The average molecular weight is 272 g/mol. The topological polar surface area (TPSA) is 67.2 Å². The Kier molecular flexibility index (Phi) is 5.06. The van der Waals surface area contributed by atoms with Crippen molar-refractivity contribution in [1.82, 2.24) is 15.4 Å². The first-order valence-electron chi connectivity index (χ1n) is 5.61. The Bertz CT molecular complexity index is 545. The number of carbonyl (C=O) groups is 1. The normalized spacial score (nSPS) is 10.5. The van der Waals surface area contributed by atoms with Crippen molar-refractivity contribution < 1.29 is 4.79 Å². The van der Waals surface area contributed by atoms with Crippen molar-refractivity contribution >= 4 is 23.9 Å².